The summed E-state index contributed by atoms with van der Waals surface area (Å²) in [6.07, 6.45) is 0. The highest BCUT2D eigenvalue weighted by Crippen LogP contribution is 2.35. The van der Waals surface area contributed by atoms with Crippen LogP contribution in [-0.2, 0) is 4.74 Å². The van der Waals surface area contributed by atoms with Crippen LogP contribution in [0, 0.1) is 0 Å². The first-order valence-corrected chi connectivity index (χ1v) is 4.87. The second kappa shape index (κ2) is 2.40. The van der Waals surface area contributed by atoms with E-state index in [9.17, 15) is 0 Å². The monoisotopic (exact) mass is 159 g/mol. The Morgan fingerprint density at radius 3 is 2.70 bits per heavy atom. The average Bonchev–Trinajstić information content (AvgIpc) is 1.85. The van der Waals surface area contributed by atoms with E-state index in [0.29, 0.717) is 0 Å². The molecular formula is C7H13NOS. The number of hydrogen-bond acceptors (Lipinski definition) is 3. The summed E-state index contributed by atoms with van der Waals surface area (Å²) in [5.74, 6) is 2.41. The van der Waals surface area contributed by atoms with E-state index in [-0.39, 0.29) is 5.60 Å². The predicted octanol–water partition coefficient (Wildman–Crippen LogP) is 0.434. The Hall–Kier alpha value is 0.270. The van der Waals surface area contributed by atoms with E-state index in [0.717, 1.165) is 19.7 Å². The van der Waals surface area contributed by atoms with Gasteiger partial charge < -0.3 is 9.64 Å². The third kappa shape index (κ3) is 1.06. The fourth-order valence-electron chi connectivity index (χ4n) is 1.54. The van der Waals surface area contributed by atoms with Crippen molar-refractivity contribution in [1.82, 2.24) is 4.90 Å². The Bertz CT molecular complexity index is 136. The highest BCUT2D eigenvalue weighted by Gasteiger charge is 2.41. The van der Waals surface area contributed by atoms with Crippen LogP contribution >= 0.6 is 11.8 Å². The Morgan fingerprint density at radius 1 is 1.50 bits per heavy atom. The molecule has 2 fully saturated rings. The van der Waals surface area contributed by atoms with Crippen molar-refractivity contribution in [2.75, 3.05) is 38.2 Å². The summed E-state index contributed by atoms with van der Waals surface area (Å²) in [4.78, 5) is 2.36. The molecule has 58 valence electrons. The number of ether oxygens (including phenoxy) is 1. The maximum atomic E-state index is 5.71. The van der Waals surface area contributed by atoms with E-state index in [2.05, 4.69) is 11.9 Å². The first kappa shape index (κ1) is 6.95. The van der Waals surface area contributed by atoms with Crippen LogP contribution in [0.2, 0.25) is 0 Å². The minimum absolute atomic E-state index is 0.262. The van der Waals surface area contributed by atoms with Crippen LogP contribution in [0.25, 0.3) is 0 Å². The van der Waals surface area contributed by atoms with Gasteiger partial charge >= 0.3 is 0 Å². The molecule has 2 aliphatic rings. The lowest BCUT2D eigenvalue weighted by molar-refractivity contribution is -0.0796. The van der Waals surface area contributed by atoms with Crippen molar-refractivity contribution in [1.29, 1.82) is 0 Å². The van der Waals surface area contributed by atoms with Gasteiger partial charge in [-0.2, -0.15) is 11.8 Å². The topological polar surface area (TPSA) is 12.5 Å². The minimum Gasteiger partial charge on any atom is -0.371 e. The van der Waals surface area contributed by atoms with E-state index < -0.39 is 0 Å². The van der Waals surface area contributed by atoms with E-state index >= 15 is 0 Å². The van der Waals surface area contributed by atoms with E-state index in [1.54, 1.807) is 0 Å². The zero-order valence-electron chi connectivity index (χ0n) is 6.30. The van der Waals surface area contributed by atoms with Gasteiger partial charge in [0, 0.05) is 24.6 Å². The van der Waals surface area contributed by atoms with Gasteiger partial charge in [0.05, 0.1) is 12.2 Å². The first-order valence-electron chi connectivity index (χ1n) is 3.71. The summed E-state index contributed by atoms with van der Waals surface area (Å²) in [6.45, 7) is 3.17. The molecule has 2 aliphatic heterocycles. The van der Waals surface area contributed by atoms with Crippen molar-refractivity contribution in [3.63, 3.8) is 0 Å². The molecule has 1 spiro atoms. The van der Waals surface area contributed by atoms with Crippen molar-refractivity contribution in [2.45, 2.75) is 5.60 Å². The SMILES string of the molecule is CN1CCOC2(CSC2)C1. The Kier molecular flexibility index (Phi) is 1.66. The smallest absolute Gasteiger partial charge is 0.0988 e. The quantitative estimate of drug-likeness (QED) is 0.509. The normalized spacial score (nSPS) is 32.1. The van der Waals surface area contributed by atoms with Gasteiger partial charge in [0.1, 0.15) is 0 Å². The van der Waals surface area contributed by atoms with Crippen LogP contribution in [0.4, 0.5) is 0 Å². The molecule has 3 heteroatoms. The molecular weight excluding hydrogens is 146 g/mol. The van der Waals surface area contributed by atoms with Gasteiger partial charge in [-0.05, 0) is 7.05 Å². The van der Waals surface area contributed by atoms with Crippen molar-refractivity contribution in [2.24, 2.45) is 0 Å². The summed E-state index contributed by atoms with van der Waals surface area (Å²) < 4.78 is 5.71. The molecule has 2 saturated heterocycles. The molecule has 0 radical (unpaired) electrons. The molecule has 2 heterocycles. The van der Waals surface area contributed by atoms with E-state index in [4.69, 9.17) is 4.74 Å². The van der Waals surface area contributed by atoms with Crippen LogP contribution in [0.3, 0.4) is 0 Å². The summed E-state index contributed by atoms with van der Waals surface area (Å²) in [7, 11) is 2.17. The maximum Gasteiger partial charge on any atom is 0.0988 e. The van der Waals surface area contributed by atoms with Gasteiger partial charge in [-0.3, -0.25) is 0 Å². The predicted molar refractivity (Wildman–Crippen MR) is 43.5 cm³/mol. The molecule has 2 rings (SSSR count). The number of rotatable bonds is 0. The van der Waals surface area contributed by atoms with Gasteiger partial charge in [-0.15, -0.1) is 0 Å². The molecule has 0 amide bonds. The molecule has 2 nitrogen and oxygen atoms in total. The zero-order chi connectivity index (χ0) is 7.03. The summed E-state index contributed by atoms with van der Waals surface area (Å²) >= 11 is 1.99. The van der Waals surface area contributed by atoms with Gasteiger partial charge in [0.2, 0.25) is 0 Å². The molecule has 0 aromatic carbocycles. The average molecular weight is 159 g/mol. The highest BCUT2D eigenvalue weighted by atomic mass is 32.2. The van der Waals surface area contributed by atoms with E-state index in [1.807, 2.05) is 11.8 Å². The summed E-state index contributed by atoms with van der Waals surface area (Å²) in [5, 5.41) is 0. The molecule has 0 aliphatic carbocycles. The molecule has 0 aromatic heterocycles. The molecule has 0 aromatic rings. The van der Waals surface area contributed by atoms with Crippen LogP contribution in [0.1, 0.15) is 0 Å². The second-order valence-electron chi connectivity index (χ2n) is 3.26. The van der Waals surface area contributed by atoms with Crippen LogP contribution in [0.5, 0.6) is 0 Å². The number of nitrogens with zero attached hydrogens (tertiary/aromatic N) is 1. The van der Waals surface area contributed by atoms with Gasteiger partial charge in [-0.25, -0.2) is 0 Å². The molecule has 10 heavy (non-hydrogen) atoms. The van der Waals surface area contributed by atoms with Crippen molar-refractivity contribution in [3.05, 3.63) is 0 Å². The fraction of sp³-hybridized carbons (Fsp3) is 1.00. The third-order valence-corrected chi connectivity index (χ3v) is 3.63. The number of hydrogen-bond donors (Lipinski definition) is 0. The number of thioether (sulfide) groups is 1. The molecule has 0 bridgehead atoms. The van der Waals surface area contributed by atoms with Crippen LogP contribution in [0.15, 0.2) is 0 Å². The standard InChI is InChI=1S/C7H13NOS/c1-8-2-3-9-7(4-8)5-10-6-7/h2-6H2,1H3. The van der Waals surface area contributed by atoms with Gasteiger partial charge in [0.15, 0.2) is 0 Å². The lowest BCUT2D eigenvalue weighted by atomic mass is 10.1. The lowest BCUT2D eigenvalue weighted by Crippen LogP contribution is -2.58. The van der Waals surface area contributed by atoms with Crippen molar-refractivity contribution < 1.29 is 4.74 Å². The third-order valence-electron chi connectivity index (χ3n) is 2.17. The van der Waals surface area contributed by atoms with Gasteiger partial charge in [0.25, 0.3) is 0 Å². The van der Waals surface area contributed by atoms with E-state index in [1.165, 1.54) is 11.5 Å². The lowest BCUT2D eigenvalue weighted by Gasteiger charge is -2.46. The van der Waals surface area contributed by atoms with Crippen LogP contribution < -0.4 is 0 Å². The number of likely N-dealkylation sites (N-methyl/N-ethyl adjacent to an activating group) is 1. The Labute approximate surface area is 65.9 Å². The van der Waals surface area contributed by atoms with Crippen molar-refractivity contribution >= 4 is 11.8 Å². The van der Waals surface area contributed by atoms with Gasteiger partial charge in [-0.1, -0.05) is 0 Å². The molecule has 0 unspecified atom stereocenters. The fourth-order valence-corrected chi connectivity index (χ4v) is 2.55. The van der Waals surface area contributed by atoms with Crippen molar-refractivity contribution in [3.8, 4) is 0 Å². The van der Waals surface area contributed by atoms with Crippen LogP contribution in [-0.4, -0.2) is 48.8 Å². The summed E-state index contributed by atoms with van der Waals surface area (Å²) in [6, 6.07) is 0. The minimum atomic E-state index is 0.262. The molecule has 0 N–H and O–H groups in total. The maximum absolute atomic E-state index is 5.71. The highest BCUT2D eigenvalue weighted by molar-refractivity contribution is 8.00. The molecule has 0 atom stereocenters. The summed E-state index contributed by atoms with van der Waals surface area (Å²) in [5.41, 5.74) is 0.262. The zero-order valence-corrected chi connectivity index (χ0v) is 7.12. The Morgan fingerprint density at radius 2 is 2.30 bits per heavy atom. The largest absolute Gasteiger partial charge is 0.371 e. The Balaban J connectivity index is 1.96. The first-order chi connectivity index (χ1) is 4.81. The number of morpholine rings is 1. The second-order valence-corrected chi connectivity index (χ2v) is 4.25. The molecule has 0 saturated carbocycles.